The Morgan fingerprint density at radius 2 is 1.14 bits per heavy atom. The van der Waals surface area contributed by atoms with Crippen LogP contribution in [0, 0.1) is 0 Å². The van der Waals surface area contributed by atoms with E-state index in [1.165, 1.54) is 0 Å². The molecule has 0 saturated carbocycles. The summed E-state index contributed by atoms with van der Waals surface area (Å²) in [5.41, 5.74) is 0. The van der Waals surface area contributed by atoms with Gasteiger partial charge in [-0.3, -0.25) is 0 Å². The summed E-state index contributed by atoms with van der Waals surface area (Å²) in [6.45, 7) is 0. The first kappa shape index (κ1) is 15.7. The molecule has 0 aliphatic carbocycles. The van der Waals surface area contributed by atoms with Crippen molar-refractivity contribution >= 4 is 25.4 Å². The molecule has 0 atom stereocenters. The van der Waals surface area contributed by atoms with E-state index in [1.807, 2.05) is 0 Å². The summed E-state index contributed by atoms with van der Waals surface area (Å²) in [7, 11) is -5.39. The van der Waals surface area contributed by atoms with Crippen molar-refractivity contribution in [3.63, 3.8) is 0 Å². The van der Waals surface area contributed by atoms with E-state index >= 15 is 0 Å². The van der Waals surface area contributed by atoms with Gasteiger partial charge in [-0.2, -0.15) is 7.82 Å². The van der Waals surface area contributed by atoms with Gasteiger partial charge in [0.1, 0.15) is 0 Å². The Morgan fingerprint density at radius 1 is 1.14 bits per heavy atom. The summed E-state index contributed by atoms with van der Waals surface area (Å²) in [5, 5.41) is 0. The van der Waals surface area contributed by atoms with E-state index in [-0.39, 0.29) is 37.1 Å². The van der Waals surface area contributed by atoms with E-state index in [0.29, 0.717) is 0 Å². The van der Waals surface area contributed by atoms with Gasteiger partial charge < -0.3 is 19.2 Å². The van der Waals surface area contributed by atoms with Crippen molar-refractivity contribution < 1.29 is 38.7 Å². The Bertz CT molecular complexity index is 57.8. The molecule has 0 fully saturated rings. The summed E-state index contributed by atoms with van der Waals surface area (Å²) in [6.07, 6.45) is 0. The Hall–Kier alpha value is 1.28. The predicted molar refractivity (Wildman–Crippen MR) is 13.4 cm³/mol. The number of rotatable bonds is 0. The molecule has 7 heavy (non-hydrogen) atoms. The third-order valence-electron chi connectivity index (χ3n) is 0. The molecule has 7 heteroatoms. The van der Waals surface area contributed by atoms with Crippen LogP contribution in [0.2, 0.25) is 0 Å². The molecule has 0 amide bonds. The van der Waals surface area contributed by atoms with Gasteiger partial charge in [-0.05, 0) is 0 Å². The van der Waals surface area contributed by atoms with Gasteiger partial charge in [-0.15, -0.1) is 0 Å². The quantitative estimate of drug-likeness (QED) is 0.325. The topological polar surface area (TPSA) is 86.2 Å². The normalized spacial score (nSPS) is 8.43. The maximum absolute atomic E-state index is 8.55. The standard InChI is InChI=1S/Ge.H3O4P.Zn/c;1-5(2,3)4;/h;(H3,1,2,3,4);/q+2;;+2/p-3. The van der Waals surface area contributed by atoms with Crippen LogP contribution in [0.3, 0.4) is 0 Å². The summed E-state index contributed by atoms with van der Waals surface area (Å²) in [5.74, 6) is 0. The van der Waals surface area contributed by atoms with E-state index < -0.39 is 7.82 Å². The Kier molecular flexibility index (Phi) is 12.2. The maximum Gasteiger partial charge on any atom is 2.00 e. The molecular formula is GeO4PZn+. The average molecular weight is 233 g/mol. The zero-order chi connectivity index (χ0) is 4.50. The third-order valence-corrected chi connectivity index (χ3v) is 0. The minimum Gasteiger partial charge on any atom is -0.822 e. The molecule has 4 nitrogen and oxygen atoms in total. The molecule has 0 aliphatic heterocycles. The summed E-state index contributed by atoms with van der Waals surface area (Å²) in [6, 6.07) is 0. The molecule has 0 bridgehead atoms. The number of phosphoric acid groups is 1. The van der Waals surface area contributed by atoms with Crippen LogP contribution in [0.4, 0.5) is 0 Å². The van der Waals surface area contributed by atoms with Crippen molar-refractivity contribution in [2.75, 3.05) is 0 Å². The van der Waals surface area contributed by atoms with Crippen molar-refractivity contribution in [2.24, 2.45) is 0 Å². The Balaban J connectivity index is -0.0000000800. The van der Waals surface area contributed by atoms with Gasteiger partial charge in [0, 0.05) is 0 Å². The molecule has 0 aliphatic rings. The van der Waals surface area contributed by atoms with Crippen LogP contribution >= 0.6 is 7.82 Å². The van der Waals surface area contributed by atoms with Gasteiger partial charge in [0.15, 0.2) is 0 Å². The summed E-state index contributed by atoms with van der Waals surface area (Å²) in [4.78, 5) is 25.6. The molecule has 34 valence electrons. The minimum atomic E-state index is -5.39. The smallest absolute Gasteiger partial charge is 0.822 e. The van der Waals surface area contributed by atoms with Gasteiger partial charge >= 0.3 is 37.1 Å². The maximum atomic E-state index is 8.55. The van der Waals surface area contributed by atoms with E-state index in [4.69, 9.17) is 19.2 Å². The molecule has 0 aromatic carbocycles. The second-order valence-electron chi connectivity index (χ2n) is 0.447. The molecule has 0 N–H and O–H groups in total. The van der Waals surface area contributed by atoms with Crippen molar-refractivity contribution in [2.45, 2.75) is 0 Å². The largest absolute Gasteiger partial charge is 2.00 e. The minimum absolute atomic E-state index is 0. The van der Waals surface area contributed by atoms with Crippen LogP contribution in [-0.4, -0.2) is 17.6 Å². The number of hydrogen-bond acceptors (Lipinski definition) is 4. The van der Waals surface area contributed by atoms with Crippen LogP contribution < -0.4 is 14.7 Å². The van der Waals surface area contributed by atoms with Gasteiger partial charge in [0.2, 0.25) is 0 Å². The zero-order valence-corrected chi connectivity index (χ0v) is 9.25. The molecule has 0 aromatic heterocycles. The first-order valence-corrected chi connectivity index (χ1v) is 2.19. The van der Waals surface area contributed by atoms with Crippen molar-refractivity contribution in [3.05, 3.63) is 0 Å². The van der Waals surface area contributed by atoms with Gasteiger partial charge in [-0.25, -0.2) is 0 Å². The van der Waals surface area contributed by atoms with Crippen molar-refractivity contribution in [1.29, 1.82) is 0 Å². The fourth-order valence-corrected chi connectivity index (χ4v) is 0. The van der Waals surface area contributed by atoms with Crippen LogP contribution in [-0.2, 0) is 24.0 Å². The van der Waals surface area contributed by atoms with E-state index in [2.05, 4.69) is 0 Å². The second kappa shape index (κ2) is 5.41. The van der Waals surface area contributed by atoms with Crippen LogP contribution in [0.1, 0.15) is 0 Å². The fourth-order valence-electron chi connectivity index (χ4n) is 0. The molecular weight excluding hydrogens is 233 g/mol. The molecule has 0 unspecified atom stereocenters. The summed E-state index contributed by atoms with van der Waals surface area (Å²) < 4.78 is 8.55. The van der Waals surface area contributed by atoms with Crippen LogP contribution in [0.5, 0.6) is 0 Å². The first-order chi connectivity index (χ1) is 2.00. The molecule has 0 heterocycles. The Labute approximate surface area is 64.3 Å². The van der Waals surface area contributed by atoms with Gasteiger partial charge in [0.05, 0.1) is 0 Å². The summed E-state index contributed by atoms with van der Waals surface area (Å²) >= 11 is 0. The Morgan fingerprint density at radius 3 is 1.14 bits per heavy atom. The van der Waals surface area contributed by atoms with E-state index in [1.54, 1.807) is 0 Å². The van der Waals surface area contributed by atoms with Gasteiger partial charge in [-0.1, -0.05) is 0 Å². The average Bonchev–Trinajstić information content (AvgIpc) is 0.722. The molecule has 0 rings (SSSR count). The predicted octanol–water partition coefficient (Wildman–Crippen LogP) is -3.21. The van der Waals surface area contributed by atoms with Crippen molar-refractivity contribution in [1.82, 2.24) is 0 Å². The second-order valence-corrected chi connectivity index (χ2v) is 1.34. The third kappa shape index (κ3) is 124. The van der Waals surface area contributed by atoms with Gasteiger partial charge in [0.25, 0.3) is 0 Å². The molecule has 0 spiro atoms. The van der Waals surface area contributed by atoms with E-state index in [9.17, 15) is 0 Å². The monoisotopic (exact) mass is 233 g/mol. The molecule has 0 aromatic rings. The SMILES string of the molecule is O=P([O-])([O-])[O-].[Ge+2].[Zn+2]. The molecule has 2 radical (unpaired) electrons. The number of hydrogen-bond donors (Lipinski definition) is 0. The fraction of sp³-hybridized carbons (Fsp3) is 0. The van der Waals surface area contributed by atoms with Crippen LogP contribution in [0.25, 0.3) is 0 Å². The zero-order valence-electron chi connectivity index (χ0n) is 3.29. The van der Waals surface area contributed by atoms with Crippen molar-refractivity contribution in [3.8, 4) is 0 Å². The molecule has 0 saturated heterocycles. The first-order valence-electron chi connectivity index (χ1n) is 0.730. The van der Waals surface area contributed by atoms with Crippen LogP contribution in [0.15, 0.2) is 0 Å². The van der Waals surface area contributed by atoms with E-state index in [0.717, 1.165) is 0 Å².